The van der Waals surface area contributed by atoms with E-state index >= 15 is 0 Å². The van der Waals surface area contributed by atoms with Gasteiger partial charge in [-0.1, -0.05) is 43.3 Å². The van der Waals surface area contributed by atoms with Gasteiger partial charge in [0.05, 0.1) is 18.7 Å². The average molecular weight is 472 g/mol. The Hall–Kier alpha value is -3.25. The third-order valence-electron chi connectivity index (χ3n) is 7.56. The number of hydrogen-bond donors (Lipinski definition) is 0. The fourth-order valence-corrected chi connectivity index (χ4v) is 5.41. The number of aromatic nitrogens is 1. The summed E-state index contributed by atoms with van der Waals surface area (Å²) in [6.45, 7) is 5.80. The Bertz CT molecular complexity index is 1180. The van der Waals surface area contributed by atoms with Crippen molar-refractivity contribution in [1.82, 2.24) is 14.8 Å². The lowest BCUT2D eigenvalue weighted by Gasteiger charge is -2.41. The molecule has 3 aromatic rings. The molecule has 6 heteroatoms. The van der Waals surface area contributed by atoms with Gasteiger partial charge in [-0.25, -0.2) is 0 Å². The zero-order chi connectivity index (χ0) is 24.3. The lowest BCUT2D eigenvalue weighted by atomic mass is 9.78. The Morgan fingerprint density at radius 2 is 1.77 bits per heavy atom. The topological polar surface area (TPSA) is 62.7 Å². The Kier molecular flexibility index (Phi) is 6.82. The number of rotatable bonds is 4. The van der Waals surface area contributed by atoms with Gasteiger partial charge in [-0.05, 0) is 49.1 Å². The van der Waals surface area contributed by atoms with Gasteiger partial charge in [-0.2, -0.15) is 0 Å². The molecule has 3 heterocycles. The highest BCUT2D eigenvalue weighted by Gasteiger charge is 2.41. The second kappa shape index (κ2) is 10.2. The minimum Gasteiger partial charge on any atom is -0.379 e. The molecule has 1 aromatic heterocycles. The number of piperidine rings is 1. The molecule has 2 saturated heterocycles. The SMILES string of the molecule is CC1(C(=O)N2CCOCC(Cc3cccc4ncccc34)C2)CCN(C(=O)c2ccccc2)CC1. The Balaban J connectivity index is 1.24. The van der Waals surface area contributed by atoms with E-state index in [2.05, 4.69) is 30.1 Å². The monoisotopic (exact) mass is 471 g/mol. The highest BCUT2D eigenvalue weighted by Crippen LogP contribution is 2.34. The maximum atomic E-state index is 13.7. The van der Waals surface area contributed by atoms with Crippen molar-refractivity contribution in [2.75, 3.05) is 39.4 Å². The third-order valence-corrected chi connectivity index (χ3v) is 7.56. The first-order valence-corrected chi connectivity index (χ1v) is 12.6. The van der Waals surface area contributed by atoms with Crippen molar-refractivity contribution in [3.8, 4) is 0 Å². The summed E-state index contributed by atoms with van der Waals surface area (Å²) < 4.78 is 5.93. The standard InChI is InChI=1S/C29H33N3O3/c1-29(12-15-31(16-13-29)27(33)23-7-3-2-4-8-23)28(34)32-17-18-35-21-22(20-32)19-24-9-5-11-26-25(24)10-6-14-30-26/h2-11,14,22H,12-13,15-21H2,1H3. The minimum absolute atomic E-state index is 0.0490. The molecule has 0 spiro atoms. The van der Waals surface area contributed by atoms with E-state index in [1.165, 1.54) is 10.9 Å². The number of amides is 2. The van der Waals surface area contributed by atoms with Gasteiger partial charge >= 0.3 is 0 Å². The largest absolute Gasteiger partial charge is 0.379 e. The number of carbonyl (C=O) groups excluding carboxylic acids is 2. The quantitative estimate of drug-likeness (QED) is 0.572. The number of ether oxygens (including phenoxy) is 1. The van der Waals surface area contributed by atoms with Gasteiger partial charge in [0.1, 0.15) is 0 Å². The summed E-state index contributed by atoms with van der Waals surface area (Å²) >= 11 is 0. The number of likely N-dealkylation sites (tertiary alicyclic amines) is 1. The van der Waals surface area contributed by atoms with Crippen molar-refractivity contribution in [2.24, 2.45) is 11.3 Å². The highest BCUT2D eigenvalue weighted by molar-refractivity contribution is 5.94. The van der Waals surface area contributed by atoms with Crippen molar-refractivity contribution in [1.29, 1.82) is 0 Å². The van der Waals surface area contributed by atoms with Gasteiger partial charge in [0.2, 0.25) is 5.91 Å². The second-order valence-electron chi connectivity index (χ2n) is 10.1. The molecule has 0 saturated carbocycles. The Morgan fingerprint density at radius 3 is 2.57 bits per heavy atom. The molecule has 6 nitrogen and oxygen atoms in total. The van der Waals surface area contributed by atoms with E-state index in [9.17, 15) is 9.59 Å². The van der Waals surface area contributed by atoms with E-state index in [0.717, 1.165) is 11.9 Å². The van der Waals surface area contributed by atoms with Crippen molar-refractivity contribution >= 4 is 22.7 Å². The molecule has 0 aliphatic carbocycles. The first kappa shape index (κ1) is 23.5. The van der Waals surface area contributed by atoms with Crippen LogP contribution in [0.15, 0.2) is 66.9 Å². The molecule has 35 heavy (non-hydrogen) atoms. The summed E-state index contributed by atoms with van der Waals surface area (Å²) in [5, 5.41) is 1.17. The van der Waals surface area contributed by atoms with Crippen LogP contribution in [0, 0.1) is 11.3 Å². The van der Waals surface area contributed by atoms with Crippen LogP contribution in [0.3, 0.4) is 0 Å². The smallest absolute Gasteiger partial charge is 0.253 e. The van der Waals surface area contributed by atoms with Gasteiger partial charge in [0.25, 0.3) is 5.91 Å². The summed E-state index contributed by atoms with van der Waals surface area (Å²) in [5.74, 6) is 0.475. The lowest BCUT2D eigenvalue weighted by Crippen LogP contribution is -2.51. The van der Waals surface area contributed by atoms with Gasteiger partial charge < -0.3 is 14.5 Å². The van der Waals surface area contributed by atoms with Crippen LogP contribution in [-0.2, 0) is 16.0 Å². The van der Waals surface area contributed by atoms with Gasteiger partial charge in [-0.3, -0.25) is 14.6 Å². The zero-order valence-electron chi connectivity index (χ0n) is 20.4. The Morgan fingerprint density at radius 1 is 0.971 bits per heavy atom. The number of hydrogen-bond acceptors (Lipinski definition) is 4. The first-order chi connectivity index (χ1) is 17.0. The van der Waals surface area contributed by atoms with E-state index in [1.807, 2.05) is 58.5 Å². The molecule has 5 rings (SSSR count). The maximum Gasteiger partial charge on any atom is 0.253 e. The van der Waals surface area contributed by atoms with Crippen LogP contribution in [-0.4, -0.2) is 66.0 Å². The zero-order valence-corrected chi connectivity index (χ0v) is 20.4. The molecule has 0 radical (unpaired) electrons. The van der Waals surface area contributed by atoms with Crippen LogP contribution >= 0.6 is 0 Å². The van der Waals surface area contributed by atoms with Crippen LogP contribution in [0.25, 0.3) is 10.9 Å². The molecular weight excluding hydrogens is 438 g/mol. The lowest BCUT2D eigenvalue weighted by molar-refractivity contribution is -0.144. The van der Waals surface area contributed by atoms with Gasteiger partial charge in [0, 0.05) is 54.7 Å². The first-order valence-electron chi connectivity index (χ1n) is 12.6. The predicted molar refractivity (Wildman–Crippen MR) is 136 cm³/mol. The van der Waals surface area contributed by atoms with Crippen molar-refractivity contribution in [2.45, 2.75) is 26.2 Å². The van der Waals surface area contributed by atoms with E-state index in [0.29, 0.717) is 57.8 Å². The van der Waals surface area contributed by atoms with Crippen molar-refractivity contribution in [3.05, 3.63) is 78.0 Å². The number of pyridine rings is 1. The van der Waals surface area contributed by atoms with Gasteiger partial charge in [-0.15, -0.1) is 0 Å². The van der Waals surface area contributed by atoms with E-state index in [4.69, 9.17) is 4.74 Å². The molecule has 2 aliphatic heterocycles. The number of fused-ring (bicyclic) bond motifs is 1. The summed E-state index contributed by atoms with van der Waals surface area (Å²) in [4.78, 5) is 35.0. The molecule has 2 amide bonds. The summed E-state index contributed by atoms with van der Waals surface area (Å²) in [6.07, 6.45) is 4.03. The number of benzene rings is 2. The van der Waals surface area contributed by atoms with Crippen LogP contribution in [0.4, 0.5) is 0 Å². The van der Waals surface area contributed by atoms with E-state index in [1.54, 1.807) is 0 Å². The molecule has 1 unspecified atom stereocenters. The minimum atomic E-state index is -0.453. The molecule has 2 aromatic carbocycles. The van der Waals surface area contributed by atoms with Gasteiger partial charge in [0.15, 0.2) is 0 Å². The van der Waals surface area contributed by atoms with Crippen LogP contribution < -0.4 is 0 Å². The molecule has 182 valence electrons. The highest BCUT2D eigenvalue weighted by atomic mass is 16.5. The maximum absolute atomic E-state index is 13.7. The second-order valence-corrected chi connectivity index (χ2v) is 10.1. The fourth-order valence-electron chi connectivity index (χ4n) is 5.41. The third kappa shape index (κ3) is 5.08. The Labute approximate surface area is 206 Å². The van der Waals surface area contributed by atoms with Crippen molar-refractivity contribution in [3.63, 3.8) is 0 Å². The van der Waals surface area contributed by atoms with Crippen LogP contribution in [0.2, 0.25) is 0 Å². The number of carbonyl (C=O) groups is 2. The molecule has 2 fully saturated rings. The summed E-state index contributed by atoms with van der Waals surface area (Å²) in [7, 11) is 0. The number of nitrogens with zero attached hydrogens (tertiary/aromatic N) is 3. The normalized spacial score (nSPS) is 20.4. The summed E-state index contributed by atoms with van der Waals surface area (Å²) in [5.41, 5.74) is 2.50. The van der Waals surface area contributed by atoms with Crippen LogP contribution in [0.5, 0.6) is 0 Å². The molecule has 0 N–H and O–H groups in total. The van der Waals surface area contributed by atoms with E-state index in [-0.39, 0.29) is 17.7 Å². The molecular formula is C29H33N3O3. The molecule has 1 atom stereocenters. The fraction of sp³-hybridized carbons (Fsp3) is 0.414. The predicted octanol–water partition coefficient (Wildman–Crippen LogP) is 4.19. The van der Waals surface area contributed by atoms with Crippen LogP contribution in [0.1, 0.15) is 35.7 Å². The van der Waals surface area contributed by atoms with E-state index < -0.39 is 5.41 Å². The average Bonchev–Trinajstić information content (AvgIpc) is 3.14. The molecule has 0 bridgehead atoms. The molecule has 2 aliphatic rings. The van der Waals surface area contributed by atoms with Crippen molar-refractivity contribution < 1.29 is 14.3 Å². The summed E-state index contributed by atoms with van der Waals surface area (Å²) in [6, 6.07) is 19.7.